The monoisotopic (exact) mass is 289 g/mol. The van der Waals surface area contributed by atoms with Gasteiger partial charge in [-0.2, -0.15) is 0 Å². The minimum atomic E-state index is -0.745. The Morgan fingerprint density at radius 1 is 1.24 bits per heavy atom. The van der Waals surface area contributed by atoms with Crippen LogP contribution in [-0.2, 0) is 9.53 Å². The summed E-state index contributed by atoms with van der Waals surface area (Å²) in [4.78, 5) is 23.9. The molecule has 0 unspecified atom stereocenters. The molecule has 0 fully saturated rings. The molecule has 0 aliphatic carbocycles. The average molecular weight is 289 g/mol. The first-order valence-electron chi connectivity index (χ1n) is 6.78. The number of ether oxygens (including phenoxy) is 1. The van der Waals surface area contributed by atoms with Crippen LogP contribution >= 0.6 is 0 Å². The SMILES string of the molecule is C[C@@H](NC(=O)c1cc2ccccc2o1)C(=O)OC(C)(C)C. The molecule has 1 N–H and O–H groups in total. The first kappa shape index (κ1) is 15.1. The fourth-order valence-electron chi connectivity index (χ4n) is 1.81. The topological polar surface area (TPSA) is 68.5 Å². The first-order chi connectivity index (χ1) is 9.76. The highest BCUT2D eigenvalue weighted by Gasteiger charge is 2.24. The van der Waals surface area contributed by atoms with Crippen LogP contribution in [0.5, 0.6) is 0 Å². The second kappa shape index (κ2) is 5.60. The molecule has 2 rings (SSSR count). The Kier molecular flexibility index (Phi) is 4.02. The molecule has 0 radical (unpaired) electrons. The summed E-state index contributed by atoms with van der Waals surface area (Å²) < 4.78 is 10.7. The number of carbonyl (C=O) groups is 2. The summed E-state index contributed by atoms with van der Waals surface area (Å²) in [5, 5.41) is 3.41. The van der Waals surface area contributed by atoms with Crippen molar-refractivity contribution >= 4 is 22.8 Å². The number of carbonyl (C=O) groups excluding carboxylic acids is 2. The quantitative estimate of drug-likeness (QED) is 0.882. The summed E-state index contributed by atoms with van der Waals surface area (Å²) in [7, 11) is 0. The van der Waals surface area contributed by atoms with Gasteiger partial charge >= 0.3 is 5.97 Å². The van der Waals surface area contributed by atoms with E-state index in [0.717, 1.165) is 5.39 Å². The van der Waals surface area contributed by atoms with Crippen molar-refractivity contribution in [2.75, 3.05) is 0 Å². The van der Waals surface area contributed by atoms with E-state index >= 15 is 0 Å². The van der Waals surface area contributed by atoms with Crippen LogP contribution in [0.1, 0.15) is 38.2 Å². The zero-order chi connectivity index (χ0) is 15.6. The highest BCUT2D eigenvalue weighted by Crippen LogP contribution is 2.18. The Morgan fingerprint density at radius 3 is 2.52 bits per heavy atom. The molecule has 0 bridgehead atoms. The molecule has 0 aliphatic rings. The van der Waals surface area contributed by atoms with Crippen LogP contribution in [0.2, 0.25) is 0 Å². The molecule has 1 aromatic heterocycles. The number of esters is 1. The number of hydrogen-bond donors (Lipinski definition) is 1. The molecule has 112 valence electrons. The van der Waals surface area contributed by atoms with E-state index in [0.29, 0.717) is 5.58 Å². The lowest BCUT2D eigenvalue weighted by Crippen LogP contribution is -2.42. The van der Waals surface area contributed by atoms with Gasteiger partial charge in [0.05, 0.1) is 0 Å². The third-order valence-corrected chi connectivity index (χ3v) is 2.76. The zero-order valence-corrected chi connectivity index (χ0v) is 12.6. The first-order valence-corrected chi connectivity index (χ1v) is 6.78. The smallest absolute Gasteiger partial charge is 0.328 e. The van der Waals surface area contributed by atoms with E-state index in [9.17, 15) is 9.59 Å². The second-order valence-electron chi connectivity index (χ2n) is 5.88. The molecule has 2 aromatic rings. The summed E-state index contributed by atoms with van der Waals surface area (Å²) in [6, 6.07) is 8.23. The number of rotatable bonds is 3. The molecule has 5 nitrogen and oxygen atoms in total. The fraction of sp³-hybridized carbons (Fsp3) is 0.375. The molecule has 1 aromatic carbocycles. The Morgan fingerprint density at radius 2 is 1.90 bits per heavy atom. The summed E-state index contributed by atoms with van der Waals surface area (Å²) in [6.07, 6.45) is 0. The molecule has 5 heteroatoms. The van der Waals surface area contributed by atoms with Gasteiger partial charge < -0.3 is 14.5 Å². The normalized spacial score (nSPS) is 13.0. The van der Waals surface area contributed by atoms with Crippen LogP contribution in [0, 0.1) is 0 Å². The molecule has 0 aliphatic heterocycles. The fourth-order valence-corrected chi connectivity index (χ4v) is 1.81. The van der Waals surface area contributed by atoms with Gasteiger partial charge in [0.2, 0.25) is 0 Å². The van der Waals surface area contributed by atoms with Gasteiger partial charge in [0.25, 0.3) is 5.91 Å². The Bertz CT molecular complexity index is 633. The maximum Gasteiger partial charge on any atom is 0.328 e. The summed E-state index contributed by atoms with van der Waals surface area (Å²) in [5.74, 6) is -0.747. The molecule has 0 spiro atoms. The van der Waals surface area contributed by atoms with Crippen molar-refractivity contribution in [1.29, 1.82) is 0 Å². The molecule has 1 heterocycles. The molecule has 21 heavy (non-hydrogen) atoms. The maximum absolute atomic E-state index is 12.1. The van der Waals surface area contributed by atoms with Crippen molar-refractivity contribution in [2.45, 2.75) is 39.3 Å². The van der Waals surface area contributed by atoms with Crippen molar-refractivity contribution in [2.24, 2.45) is 0 Å². The molecule has 0 saturated heterocycles. The van der Waals surface area contributed by atoms with Crippen LogP contribution in [0.4, 0.5) is 0 Å². The van der Waals surface area contributed by atoms with Gasteiger partial charge in [-0.3, -0.25) is 4.79 Å². The van der Waals surface area contributed by atoms with E-state index in [1.165, 1.54) is 0 Å². The summed E-state index contributed by atoms with van der Waals surface area (Å²) in [6.45, 7) is 6.91. The van der Waals surface area contributed by atoms with Gasteiger partial charge in [-0.1, -0.05) is 18.2 Å². The van der Waals surface area contributed by atoms with Crippen molar-refractivity contribution in [1.82, 2.24) is 5.32 Å². The number of hydrogen-bond acceptors (Lipinski definition) is 4. The third-order valence-electron chi connectivity index (χ3n) is 2.76. The van der Waals surface area contributed by atoms with Crippen LogP contribution in [0.25, 0.3) is 11.0 Å². The van der Waals surface area contributed by atoms with Crippen LogP contribution in [0.15, 0.2) is 34.7 Å². The van der Waals surface area contributed by atoms with E-state index in [1.807, 2.05) is 18.2 Å². The highest BCUT2D eigenvalue weighted by molar-refractivity contribution is 5.98. The predicted molar refractivity (Wildman–Crippen MR) is 79.0 cm³/mol. The van der Waals surface area contributed by atoms with Crippen molar-refractivity contribution in [3.05, 3.63) is 36.1 Å². The lowest BCUT2D eigenvalue weighted by atomic mass is 10.2. The molecule has 1 amide bonds. The minimum Gasteiger partial charge on any atom is -0.458 e. The van der Waals surface area contributed by atoms with Gasteiger partial charge in [-0.25, -0.2) is 4.79 Å². The molecule has 0 saturated carbocycles. The maximum atomic E-state index is 12.1. The largest absolute Gasteiger partial charge is 0.458 e. The highest BCUT2D eigenvalue weighted by atomic mass is 16.6. The molecular formula is C16H19NO4. The lowest BCUT2D eigenvalue weighted by molar-refractivity contribution is -0.156. The van der Waals surface area contributed by atoms with Crippen LogP contribution in [-0.4, -0.2) is 23.5 Å². The average Bonchev–Trinajstić information content (AvgIpc) is 2.80. The van der Waals surface area contributed by atoms with Gasteiger partial charge in [-0.15, -0.1) is 0 Å². The van der Waals surface area contributed by atoms with Crippen molar-refractivity contribution in [3.8, 4) is 0 Å². The van der Waals surface area contributed by atoms with E-state index in [1.54, 1.807) is 39.8 Å². The van der Waals surface area contributed by atoms with Crippen molar-refractivity contribution < 1.29 is 18.7 Å². The molecule has 1 atom stereocenters. The predicted octanol–water partition coefficient (Wildman–Crippen LogP) is 2.89. The summed E-state index contributed by atoms with van der Waals surface area (Å²) >= 11 is 0. The standard InChI is InChI=1S/C16H19NO4/c1-10(15(19)21-16(2,3)4)17-14(18)13-9-11-7-5-6-8-12(11)20-13/h5-10H,1-4H3,(H,17,18)/t10-/m1/s1. The van der Waals surface area contributed by atoms with Crippen molar-refractivity contribution in [3.63, 3.8) is 0 Å². The Labute approximate surface area is 123 Å². The second-order valence-corrected chi connectivity index (χ2v) is 5.88. The van der Waals surface area contributed by atoms with Gasteiger partial charge in [0.1, 0.15) is 17.2 Å². The third kappa shape index (κ3) is 3.84. The number of furan rings is 1. The van der Waals surface area contributed by atoms with Crippen LogP contribution in [0.3, 0.4) is 0 Å². The van der Waals surface area contributed by atoms with Gasteiger partial charge in [0.15, 0.2) is 5.76 Å². The van der Waals surface area contributed by atoms with E-state index < -0.39 is 23.5 Å². The summed E-state index contributed by atoms with van der Waals surface area (Å²) in [5.41, 5.74) is 0.0441. The number of nitrogens with one attached hydrogen (secondary N) is 1. The van der Waals surface area contributed by atoms with Gasteiger partial charge in [0, 0.05) is 5.39 Å². The zero-order valence-electron chi connectivity index (χ0n) is 12.6. The molecular weight excluding hydrogens is 270 g/mol. The van der Waals surface area contributed by atoms with Gasteiger partial charge in [-0.05, 0) is 39.8 Å². The van der Waals surface area contributed by atoms with E-state index in [-0.39, 0.29) is 5.76 Å². The van der Waals surface area contributed by atoms with Crippen LogP contribution < -0.4 is 5.32 Å². The number of amides is 1. The number of fused-ring (bicyclic) bond motifs is 1. The Hall–Kier alpha value is -2.30. The number of benzene rings is 1. The Balaban J connectivity index is 2.05. The minimum absolute atomic E-state index is 0.173. The lowest BCUT2D eigenvalue weighted by Gasteiger charge is -2.22. The van der Waals surface area contributed by atoms with E-state index in [4.69, 9.17) is 9.15 Å². The number of para-hydroxylation sites is 1. The van der Waals surface area contributed by atoms with E-state index in [2.05, 4.69) is 5.32 Å².